The number of hydrogen-bond acceptors (Lipinski definition) is 2. The van der Waals surface area contributed by atoms with E-state index in [1.165, 1.54) is 5.56 Å². The maximum absolute atomic E-state index is 9.88. The van der Waals surface area contributed by atoms with Gasteiger partial charge >= 0.3 is 0 Å². The SMILES string of the molecule is OC1(Br)CCNC(c2ccccc2)C1. The molecule has 2 N–H and O–H groups in total. The standard InChI is InChI=1S/C11H14BrNO/c12-11(14)6-7-13-10(8-11)9-4-2-1-3-5-9/h1-5,10,13-14H,6-8H2. The largest absolute Gasteiger partial charge is 0.379 e. The van der Waals surface area contributed by atoms with Crippen molar-refractivity contribution in [1.82, 2.24) is 5.32 Å². The number of rotatable bonds is 1. The average Bonchev–Trinajstić information content (AvgIpc) is 2.18. The Morgan fingerprint density at radius 1 is 1.36 bits per heavy atom. The summed E-state index contributed by atoms with van der Waals surface area (Å²) in [6, 6.07) is 10.5. The van der Waals surface area contributed by atoms with E-state index < -0.39 is 4.51 Å². The molecule has 0 saturated carbocycles. The number of aliphatic hydroxyl groups is 1. The van der Waals surface area contributed by atoms with Gasteiger partial charge in [0.15, 0.2) is 0 Å². The van der Waals surface area contributed by atoms with Gasteiger partial charge in [-0.2, -0.15) is 0 Å². The molecule has 3 heteroatoms. The van der Waals surface area contributed by atoms with Gasteiger partial charge in [0.1, 0.15) is 4.51 Å². The predicted molar refractivity (Wildman–Crippen MR) is 60.3 cm³/mol. The van der Waals surface area contributed by atoms with Crippen LogP contribution in [0.15, 0.2) is 30.3 Å². The van der Waals surface area contributed by atoms with E-state index in [-0.39, 0.29) is 6.04 Å². The van der Waals surface area contributed by atoms with Crippen molar-refractivity contribution in [1.29, 1.82) is 0 Å². The van der Waals surface area contributed by atoms with Crippen LogP contribution in [0.3, 0.4) is 0 Å². The summed E-state index contributed by atoms with van der Waals surface area (Å²) in [5.74, 6) is 0. The van der Waals surface area contributed by atoms with Crippen molar-refractivity contribution in [2.45, 2.75) is 23.4 Å². The first-order valence-corrected chi connectivity index (χ1v) is 5.66. The molecule has 1 aliphatic heterocycles. The van der Waals surface area contributed by atoms with E-state index in [0.29, 0.717) is 0 Å². The van der Waals surface area contributed by atoms with Crippen molar-refractivity contribution in [3.05, 3.63) is 35.9 Å². The Hall–Kier alpha value is -0.380. The molecule has 0 spiro atoms. The van der Waals surface area contributed by atoms with Crippen molar-refractivity contribution in [2.75, 3.05) is 6.54 Å². The van der Waals surface area contributed by atoms with Gasteiger partial charge in [0, 0.05) is 12.5 Å². The van der Waals surface area contributed by atoms with E-state index in [2.05, 4.69) is 33.4 Å². The highest BCUT2D eigenvalue weighted by Gasteiger charge is 2.31. The fourth-order valence-electron chi connectivity index (χ4n) is 1.85. The summed E-state index contributed by atoms with van der Waals surface area (Å²) in [6.45, 7) is 0.849. The molecular formula is C11H14BrNO. The first-order valence-electron chi connectivity index (χ1n) is 4.87. The molecular weight excluding hydrogens is 242 g/mol. The molecule has 0 bridgehead atoms. The molecule has 2 nitrogen and oxygen atoms in total. The summed E-state index contributed by atoms with van der Waals surface area (Å²) in [6.07, 6.45) is 1.48. The monoisotopic (exact) mass is 255 g/mol. The van der Waals surface area contributed by atoms with Crippen LogP contribution < -0.4 is 5.32 Å². The van der Waals surface area contributed by atoms with Crippen LogP contribution in [0.25, 0.3) is 0 Å². The second kappa shape index (κ2) is 4.01. The molecule has 0 radical (unpaired) electrons. The van der Waals surface area contributed by atoms with Crippen LogP contribution in [0.5, 0.6) is 0 Å². The van der Waals surface area contributed by atoms with E-state index in [4.69, 9.17) is 0 Å². The second-order valence-electron chi connectivity index (χ2n) is 3.79. The van der Waals surface area contributed by atoms with Gasteiger partial charge in [-0.25, -0.2) is 0 Å². The highest BCUT2D eigenvalue weighted by atomic mass is 79.9. The summed E-state index contributed by atoms with van der Waals surface area (Å²) >= 11 is 3.35. The molecule has 1 saturated heterocycles. The van der Waals surface area contributed by atoms with Crippen LogP contribution in [0.1, 0.15) is 24.4 Å². The van der Waals surface area contributed by atoms with Crippen LogP contribution in [-0.4, -0.2) is 16.2 Å². The molecule has 2 atom stereocenters. The summed E-state index contributed by atoms with van der Waals surface area (Å²) in [5.41, 5.74) is 1.24. The Balaban J connectivity index is 2.12. The normalized spacial score (nSPS) is 32.9. The molecule has 1 fully saturated rings. The summed E-state index contributed by atoms with van der Waals surface area (Å²) in [7, 11) is 0. The Morgan fingerprint density at radius 2 is 2.07 bits per heavy atom. The Bertz CT molecular complexity index is 299. The summed E-state index contributed by atoms with van der Waals surface area (Å²) in [4.78, 5) is 0. The predicted octanol–water partition coefficient (Wildman–Crippen LogP) is 2.19. The average molecular weight is 256 g/mol. The smallest absolute Gasteiger partial charge is 0.122 e. The lowest BCUT2D eigenvalue weighted by molar-refractivity contribution is 0.0896. The number of halogens is 1. The third-order valence-electron chi connectivity index (χ3n) is 2.62. The van der Waals surface area contributed by atoms with Gasteiger partial charge in [-0.15, -0.1) is 0 Å². The molecule has 76 valence electrons. The van der Waals surface area contributed by atoms with E-state index in [9.17, 15) is 5.11 Å². The van der Waals surface area contributed by atoms with Gasteiger partial charge in [0.05, 0.1) is 0 Å². The second-order valence-corrected chi connectivity index (χ2v) is 5.27. The van der Waals surface area contributed by atoms with Crippen LogP contribution >= 0.6 is 15.9 Å². The van der Waals surface area contributed by atoms with Crippen LogP contribution in [-0.2, 0) is 0 Å². The zero-order valence-electron chi connectivity index (χ0n) is 7.91. The summed E-state index contributed by atoms with van der Waals surface area (Å²) < 4.78 is -0.696. The molecule has 2 unspecified atom stereocenters. The minimum absolute atomic E-state index is 0.259. The molecule has 0 aliphatic carbocycles. The molecule has 1 aromatic rings. The van der Waals surface area contributed by atoms with Gasteiger partial charge in [0.2, 0.25) is 0 Å². The topological polar surface area (TPSA) is 32.3 Å². The fraction of sp³-hybridized carbons (Fsp3) is 0.455. The van der Waals surface area contributed by atoms with Gasteiger partial charge in [-0.1, -0.05) is 46.3 Å². The van der Waals surface area contributed by atoms with Crippen LogP contribution in [0.4, 0.5) is 0 Å². The molecule has 0 amide bonds. The van der Waals surface area contributed by atoms with Crippen molar-refractivity contribution in [2.24, 2.45) is 0 Å². The number of piperidine rings is 1. The van der Waals surface area contributed by atoms with Crippen molar-refractivity contribution in [3.8, 4) is 0 Å². The maximum Gasteiger partial charge on any atom is 0.122 e. The van der Waals surface area contributed by atoms with Gasteiger partial charge < -0.3 is 10.4 Å². The highest BCUT2D eigenvalue weighted by Crippen LogP contribution is 2.34. The molecule has 0 aromatic heterocycles. The summed E-state index contributed by atoms with van der Waals surface area (Å²) in [5, 5.41) is 13.3. The van der Waals surface area contributed by atoms with E-state index in [1.54, 1.807) is 0 Å². The molecule has 1 heterocycles. The maximum atomic E-state index is 9.88. The number of nitrogens with one attached hydrogen (secondary N) is 1. The lowest BCUT2D eigenvalue weighted by Crippen LogP contribution is -2.39. The van der Waals surface area contributed by atoms with Gasteiger partial charge in [0.25, 0.3) is 0 Å². The third kappa shape index (κ3) is 2.35. The highest BCUT2D eigenvalue weighted by molar-refractivity contribution is 9.10. The van der Waals surface area contributed by atoms with Crippen LogP contribution in [0.2, 0.25) is 0 Å². The van der Waals surface area contributed by atoms with Crippen molar-refractivity contribution < 1.29 is 5.11 Å². The minimum atomic E-state index is -0.696. The Morgan fingerprint density at radius 3 is 2.71 bits per heavy atom. The lowest BCUT2D eigenvalue weighted by atomic mass is 9.95. The van der Waals surface area contributed by atoms with E-state index in [1.807, 2.05) is 18.2 Å². The lowest BCUT2D eigenvalue weighted by Gasteiger charge is -2.33. The number of alkyl halides is 1. The van der Waals surface area contributed by atoms with Crippen LogP contribution in [0, 0.1) is 0 Å². The molecule has 1 aromatic carbocycles. The molecule has 2 rings (SSSR count). The first kappa shape index (κ1) is 10.1. The molecule has 14 heavy (non-hydrogen) atoms. The number of benzene rings is 1. The Labute approximate surface area is 92.5 Å². The first-order chi connectivity index (χ1) is 6.67. The number of hydrogen-bond donors (Lipinski definition) is 2. The Kier molecular flexibility index (Phi) is 2.91. The van der Waals surface area contributed by atoms with Gasteiger partial charge in [-0.05, 0) is 18.5 Å². The van der Waals surface area contributed by atoms with E-state index >= 15 is 0 Å². The third-order valence-corrected chi connectivity index (χ3v) is 3.34. The van der Waals surface area contributed by atoms with Gasteiger partial charge in [-0.3, -0.25) is 0 Å². The van der Waals surface area contributed by atoms with Crippen molar-refractivity contribution in [3.63, 3.8) is 0 Å². The quantitative estimate of drug-likeness (QED) is 0.755. The van der Waals surface area contributed by atoms with Crippen molar-refractivity contribution >= 4 is 15.9 Å². The fourth-order valence-corrected chi connectivity index (χ4v) is 2.37. The zero-order chi connectivity index (χ0) is 10.0. The zero-order valence-corrected chi connectivity index (χ0v) is 9.50. The molecule has 1 aliphatic rings. The minimum Gasteiger partial charge on any atom is -0.379 e. The van der Waals surface area contributed by atoms with E-state index in [0.717, 1.165) is 19.4 Å².